The van der Waals surface area contributed by atoms with Crippen molar-refractivity contribution in [3.8, 4) is 0 Å². The van der Waals surface area contributed by atoms with E-state index in [9.17, 15) is 0 Å². The van der Waals surface area contributed by atoms with E-state index in [0.717, 1.165) is 21.2 Å². The number of hydrogen-bond acceptors (Lipinski definition) is 0. The van der Waals surface area contributed by atoms with Crippen LogP contribution in [0.1, 0.15) is 95.2 Å². The molecule has 1 atom stereocenters. The van der Waals surface area contributed by atoms with Crippen LogP contribution in [-0.2, 0) is 35.1 Å². The zero-order valence-electron chi connectivity index (χ0n) is 31.3. The molecule has 1 unspecified atom stereocenters. The van der Waals surface area contributed by atoms with Crippen LogP contribution in [-0.4, -0.2) is 3.21 Å². The second-order valence-electron chi connectivity index (χ2n) is 15.9. The maximum atomic E-state index is 5.98. The van der Waals surface area contributed by atoms with Gasteiger partial charge in [-0.1, -0.05) is 121 Å². The van der Waals surface area contributed by atoms with Gasteiger partial charge in [0, 0.05) is 10.8 Å². The van der Waals surface area contributed by atoms with Crippen molar-refractivity contribution in [2.24, 2.45) is 11.3 Å². The molecule has 8 rings (SSSR count). The van der Waals surface area contributed by atoms with Crippen molar-refractivity contribution in [3.63, 3.8) is 0 Å². The predicted octanol–water partition coefficient (Wildman–Crippen LogP) is 7.80. The van der Waals surface area contributed by atoms with E-state index < -0.39 is 0 Å². The number of rotatable bonds is 3. The second-order valence-corrected chi connectivity index (χ2v) is 18.0. The molecule has 5 heteroatoms. The minimum absolute atomic E-state index is 0. The molecule has 0 amide bonds. The molecule has 0 bridgehead atoms. The quantitative estimate of drug-likeness (QED) is 0.163. The van der Waals surface area contributed by atoms with Gasteiger partial charge in [-0.05, 0) is 11.1 Å². The maximum Gasteiger partial charge on any atom is -1.00 e. The third kappa shape index (κ3) is 9.11. The van der Waals surface area contributed by atoms with Gasteiger partial charge in [0.05, 0.1) is 0 Å². The number of fused-ring (bicyclic) bond motifs is 5. The molecule has 268 valence electrons. The summed E-state index contributed by atoms with van der Waals surface area (Å²) in [5, 5.41) is 7.06. The van der Waals surface area contributed by atoms with Gasteiger partial charge in [0.25, 0.3) is 0 Å². The Balaban J connectivity index is 0.000000184. The van der Waals surface area contributed by atoms with Crippen molar-refractivity contribution in [3.05, 3.63) is 158 Å². The van der Waals surface area contributed by atoms with Gasteiger partial charge in [-0.25, -0.2) is 6.08 Å². The fourth-order valence-corrected chi connectivity index (χ4v) is 8.12. The summed E-state index contributed by atoms with van der Waals surface area (Å²) in [6.07, 6.45) is 18.2. The molecule has 5 aromatic carbocycles. The first-order chi connectivity index (χ1) is 23.6. The third-order valence-electron chi connectivity index (χ3n) is 10.2. The second kappa shape index (κ2) is 16.6. The Bertz CT molecular complexity index is 2100. The molecule has 0 fully saturated rings. The van der Waals surface area contributed by atoms with Crippen LogP contribution in [0.25, 0.3) is 33.7 Å². The van der Waals surface area contributed by atoms with Crippen molar-refractivity contribution < 1.29 is 49.0 Å². The smallest absolute Gasteiger partial charge is 1.00 e. The Hall–Kier alpha value is -2.38. The summed E-state index contributed by atoms with van der Waals surface area (Å²) < 4.78 is 1.26. The van der Waals surface area contributed by atoms with Gasteiger partial charge in [0.1, 0.15) is 0 Å². The molecular formula is C47H46Cl4Zr-2. The van der Waals surface area contributed by atoms with Gasteiger partial charge in [0.15, 0.2) is 0 Å². The minimum Gasteiger partial charge on any atom is -1.00 e. The number of halogens is 4. The Kier molecular flexibility index (Phi) is 13.5. The maximum absolute atomic E-state index is 5.98. The molecule has 0 spiro atoms. The Morgan fingerprint density at radius 1 is 0.750 bits per heavy atom. The van der Waals surface area contributed by atoms with E-state index in [2.05, 4.69) is 140 Å². The Morgan fingerprint density at radius 3 is 1.58 bits per heavy atom. The predicted molar refractivity (Wildman–Crippen MR) is 216 cm³/mol. The van der Waals surface area contributed by atoms with Gasteiger partial charge in [-0.15, -0.1) is 39.7 Å². The van der Waals surface area contributed by atoms with Crippen molar-refractivity contribution in [1.82, 2.24) is 0 Å². The van der Waals surface area contributed by atoms with Gasteiger partial charge < -0.3 is 24.8 Å². The van der Waals surface area contributed by atoms with Crippen molar-refractivity contribution >= 4 is 60.1 Å². The molecule has 0 aliphatic heterocycles. The summed E-state index contributed by atoms with van der Waals surface area (Å²) >= 11 is 13.3. The monoisotopic (exact) mass is 840 g/mol. The summed E-state index contributed by atoms with van der Waals surface area (Å²) in [4.78, 5) is 0. The van der Waals surface area contributed by atoms with E-state index in [-0.39, 0.29) is 35.6 Å². The van der Waals surface area contributed by atoms with Gasteiger partial charge in [0.2, 0.25) is 0 Å². The number of allylic oxidation sites excluding steroid dienone is 6. The molecule has 52 heavy (non-hydrogen) atoms. The summed E-state index contributed by atoms with van der Waals surface area (Å²) in [7, 11) is 0. The summed E-state index contributed by atoms with van der Waals surface area (Å²) in [5.41, 5.74) is 10.0. The van der Waals surface area contributed by atoms with Gasteiger partial charge in [-0.2, -0.15) is 11.6 Å². The molecule has 0 heterocycles. The van der Waals surface area contributed by atoms with Gasteiger partial charge in [-0.3, -0.25) is 6.08 Å². The third-order valence-corrected chi connectivity index (χ3v) is 12.0. The fourth-order valence-electron chi connectivity index (χ4n) is 6.97. The van der Waals surface area contributed by atoms with Crippen LogP contribution in [0.3, 0.4) is 0 Å². The fraction of sp³-hybridized carbons (Fsp3) is 0.277. The van der Waals surface area contributed by atoms with Crippen LogP contribution >= 0.6 is 23.2 Å². The topological polar surface area (TPSA) is 0 Å². The average molecular weight is 844 g/mol. The SMILES string of the molecule is CC1(C)C=Cc2cc3c(cc21)[cH-]c1cc2c(cc13)C=CC2(C)C.CCC1[C-]=CC(C(C)(C)C)=C1.Clc1cccc([C](=[Zr+2])c2cccc(Cl)c2)c1.[Cl-].[Cl-]. The van der Waals surface area contributed by atoms with E-state index in [1.165, 1.54) is 83.2 Å². The molecule has 0 N–H and O–H groups in total. The molecule has 0 saturated heterocycles. The first-order valence-corrected chi connectivity index (χ1v) is 19.6. The van der Waals surface area contributed by atoms with Crippen molar-refractivity contribution in [2.45, 2.75) is 72.6 Å². The van der Waals surface area contributed by atoms with E-state index in [1.54, 1.807) is 0 Å². The van der Waals surface area contributed by atoms with E-state index in [0.29, 0.717) is 11.3 Å². The number of benzene rings is 4. The molecule has 5 aromatic rings. The normalized spacial score (nSPS) is 16.9. The summed E-state index contributed by atoms with van der Waals surface area (Å²) in [6, 6.07) is 27.7. The minimum atomic E-state index is 0. The average Bonchev–Trinajstić information content (AvgIpc) is 3.83. The van der Waals surface area contributed by atoms with Crippen LogP contribution in [0.5, 0.6) is 0 Å². The van der Waals surface area contributed by atoms with E-state index in [1.807, 2.05) is 36.4 Å². The molecule has 3 aliphatic carbocycles. The molecule has 3 aliphatic rings. The molecule has 0 saturated carbocycles. The van der Waals surface area contributed by atoms with E-state index >= 15 is 0 Å². The summed E-state index contributed by atoms with van der Waals surface area (Å²) in [5.74, 6) is 0.573. The van der Waals surface area contributed by atoms with Crippen LogP contribution in [0.15, 0.2) is 109 Å². The van der Waals surface area contributed by atoms with Crippen LogP contribution in [0, 0.1) is 17.4 Å². The molecule has 0 aromatic heterocycles. The van der Waals surface area contributed by atoms with Crippen LogP contribution in [0.4, 0.5) is 0 Å². The van der Waals surface area contributed by atoms with Crippen molar-refractivity contribution in [2.75, 3.05) is 0 Å². The van der Waals surface area contributed by atoms with Gasteiger partial charge >= 0.3 is 120 Å². The largest absolute Gasteiger partial charge is 1.00 e. The molecular weight excluding hydrogens is 798 g/mol. The van der Waals surface area contributed by atoms with Crippen LogP contribution in [0.2, 0.25) is 10.0 Å². The number of hydrogen-bond donors (Lipinski definition) is 0. The Morgan fingerprint density at radius 2 is 1.21 bits per heavy atom. The molecule has 0 nitrogen and oxygen atoms in total. The van der Waals surface area contributed by atoms with E-state index in [4.69, 9.17) is 23.2 Å². The summed E-state index contributed by atoms with van der Waals surface area (Å²) in [6.45, 7) is 18.1. The first-order valence-electron chi connectivity index (χ1n) is 17.6. The van der Waals surface area contributed by atoms with Crippen LogP contribution < -0.4 is 24.8 Å². The zero-order chi connectivity index (χ0) is 36.0. The molecule has 0 radical (unpaired) electrons. The zero-order valence-corrected chi connectivity index (χ0v) is 36.7. The Labute approximate surface area is 348 Å². The van der Waals surface area contributed by atoms with Crippen molar-refractivity contribution in [1.29, 1.82) is 0 Å². The standard InChI is InChI=1S/C23H21.C13H8Cl2.C11H17.2ClH.Zr/c1-22(2)7-5-14-10-18-16(12-20(14)22)9-17-13-21-15(11-19(17)18)6-8-23(21,3)4;14-12-5-1-3-10(8-12)7-11-4-2-6-13(15)9-11;1-5-9-6-7-10(8-9)11(2,3)4;;;/h5-13H,1-4H3;1-6,8-9H;7-9H,5H2,1-4H3;2*1H;/q-1;;-1;;;+2/p-2. The first kappa shape index (κ1) is 42.4.